The minimum absolute atomic E-state index is 0.185. The predicted molar refractivity (Wildman–Crippen MR) is 94.1 cm³/mol. The number of para-hydroxylation sites is 1. The van der Waals surface area contributed by atoms with E-state index in [1.165, 1.54) is 24.3 Å². The lowest BCUT2D eigenvalue weighted by atomic mass is 10.1. The molecule has 0 radical (unpaired) electrons. The van der Waals surface area contributed by atoms with Crippen LogP contribution in [0.4, 0.5) is 0 Å². The second-order valence-electron chi connectivity index (χ2n) is 5.12. The number of carbonyl (C=O) groups excluding carboxylic acids is 1. The molecule has 0 aliphatic rings. The Hall–Kier alpha value is -2.83. The molecular weight excluding hydrogens is 338 g/mol. The van der Waals surface area contributed by atoms with E-state index in [1.807, 2.05) is 47.2 Å². The van der Waals surface area contributed by atoms with Gasteiger partial charge in [-0.1, -0.05) is 30.8 Å². The van der Waals surface area contributed by atoms with Crippen LogP contribution in [0.3, 0.4) is 0 Å². The lowest BCUT2D eigenvalue weighted by Crippen LogP contribution is -2.33. The summed E-state index contributed by atoms with van der Waals surface area (Å²) in [6.45, 7) is 4.42. The average Bonchev–Trinajstić information content (AvgIpc) is 2.62. The summed E-state index contributed by atoms with van der Waals surface area (Å²) in [5.41, 5.74) is 1.69. The largest absolute Gasteiger partial charge is 0.744 e. The van der Waals surface area contributed by atoms with Crippen molar-refractivity contribution in [2.24, 2.45) is 0 Å². The van der Waals surface area contributed by atoms with E-state index in [9.17, 15) is 17.8 Å². The summed E-state index contributed by atoms with van der Waals surface area (Å²) in [6.07, 6.45) is 4.67. The summed E-state index contributed by atoms with van der Waals surface area (Å²) in [7, 11) is -4.25. The Bertz CT molecular complexity index is 977. The highest BCUT2D eigenvalue weighted by Crippen LogP contribution is 2.12. The van der Waals surface area contributed by atoms with Crippen LogP contribution in [0.2, 0.25) is 0 Å². The maximum absolute atomic E-state index is 10.9. The monoisotopic (exact) mass is 355 g/mol. The summed E-state index contributed by atoms with van der Waals surface area (Å²) in [5.74, 6) is 0. The summed E-state index contributed by atoms with van der Waals surface area (Å²) in [5, 5.41) is 1.07. The zero-order valence-corrected chi connectivity index (χ0v) is 14.2. The number of fused-ring (bicyclic) bond motifs is 1. The summed E-state index contributed by atoms with van der Waals surface area (Å²) < 4.78 is 32.9. The van der Waals surface area contributed by atoms with E-state index >= 15 is 0 Å². The quantitative estimate of drug-likeness (QED) is 0.312. The second kappa shape index (κ2) is 8.32. The first-order chi connectivity index (χ1) is 12.0. The van der Waals surface area contributed by atoms with E-state index in [0.29, 0.717) is 6.54 Å². The maximum Gasteiger partial charge on any atom is 0.223 e. The number of pyridine rings is 1. The van der Waals surface area contributed by atoms with Crippen LogP contribution in [0.1, 0.15) is 10.4 Å². The maximum atomic E-state index is 10.9. The summed E-state index contributed by atoms with van der Waals surface area (Å²) >= 11 is 0. The molecule has 5 nitrogen and oxygen atoms in total. The molecule has 3 aromatic rings. The molecule has 128 valence electrons. The normalized spacial score (nSPS) is 10.6. The molecule has 0 N–H and O–H groups in total. The topological polar surface area (TPSA) is 78.1 Å². The zero-order chi connectivity index (χ0) is 18.3. The molecule has 1 aromatic heterocycles. The molecule has 3 rings (SSSR count). The third-order valence-corrected chi connectivity index (χ3v) is 4.26. The van der Waals surface area contributed by atoms with Crippen molar-refractivity contribution in [1.82, 2.24) is 0 Å². The first kappa shape index (κ1) is 18.5. The number of benzene rings is 2. The minimum atomic E-state index is -4.25. The van der Waals surface area contributed by atoms with Gasteiger partial charge in [-0.25, -0.2) is 8.42 Å². The van der Waals surface area contributed by atoms with Gasteiger partial charge in [0.05, 0.1) is 10.5 Å². The van der Waals surface area contributed by atoms with Crippen molar-refractivity contribution >= 4 is 27.3 Å². The van der Waals surface area contributed by atoms with Gasteiger partial charge in [0.1, 0.15) is 10.1 Å². The Labute approximate surface area is 146 Å². The van der Waals surface area contributed by atoms with Crippen LogP contribution in [0.15, 0.2) is 84.4 Å². The summed E-state index contributed by atoms with van der Waals surface area (Å²) in [6, 6.07) is 16.9. The Kier molecular flexibility index (Phi) is 6.16. The number of carbonyl (C=O) groups is 1. The Morgan fingerprint density at radius 2 is 1.68 bits per heavy atom. The number of aldehydes is 1. The number of hydrogen-bond donors (Lipinski definition) is 0. The highest BCUT2D eigenvalue weighted by Gasteiger charge is 2.10. The van der Waals surface area contributed by atoms with Crippen molar-refractivity contribution in [1.29, 1.82) is 0 Å². The third kappa shape index (κ3) is 4.82. The van der Waals surface area contributed by atoms with Crippen LogP contribution >= 0.6 is 0 Å². The number of allylic oxidation sites excluding steroid dienone is 1. The fraction of sp³-hybridized carbons (Fsp3) is 0.0526. The van der Waals surface area contributed by atoms with E-state index in [1.54, 1.807) is 6.07 Å². The van der Waals surface area contributed by atoms with Gasteiger partial charge in [-0.05, 0) is 36.4 Å². The van der Waals surface area contributed by atoms with Gasteiger partial charge < -0.3 is 4.55 Å². The first-order valence-corrected chi connectivity index (χ1v) is 8.86. The van der Waals surface area contributed by atoms with Gasteiger partial charge in [-0.3, -0.25) is 4.79 Å². The van der Waals surface area contributed by atoms with E-state index in [4.69, 9.17) is 0 Å². The first-order valence-electron chi connectivity index (χ1n) is 7.45. The van der Waals surface area contributed by atoms with E-state index in [-0.39, 0.29) is 4.90 Å². The van der Waals surface area contributed by atoms with Crippen molar-refractivity contribution in [2.75, 3.05) is 0 Å². The van der Waals surface area contributed by atoms with Gasteiger partial charge in [0.2, 0.25) is 5.52 Å². The fourth-order valence-corrected chi connectivity index (χ4v) is 2.84. The van der Waals surface area contributed by atoms with Crippen LogP contribution in [-0.2, 0) is 16.7 Å². The van der Waals surface area contributed by atoms with Gasteiger partial charge in [-0.2, -0.15) is 4.57 Å². The van der Waals surface area contributed by atoms with Crippen LogP contribution in [0.25, 0.3) is 10.9 Å². The van der Waals surface area contributed by atoms with Gasteiger partial charge in [-0.15, -0.1) is 0 Å². The van der Waals surface area contributed by atoms with Crippen molar-refractivity contribution in [3.05, 3.63) is 85.1 Å². The molecule has 0 unspecified atom stereocenters. The van der Waals surface area contributed by atoms with Gasteiger partial charge >= 0.3 is 0 Å². The lowest BCUT2D eigenvalue weighted by Gasteiger charge is -2.04. The Morgan fingerprint density at radius 1 is 1.00 bits per heavy atom. The molecule has 0 atom stereocenters. The molecular formula is C19H17NO4S. The van der Waals surface area contributed by atoms with E-state index in [0.717, 1.165) is 22.8 Å². The lowest BCUT2D eigenvalue weighted by molar-refractivity contribution is -0.661. The van der Waals surface area contributed by atoms with Crippen molar-refractivity contribution in [2.45, 2.75) is 11.4 Å². The van der Waals surface area contributed by atoms with Crippen LogP contribution < -0.4 is 4.57 Å². The van der Waals surface area contributed by atoms with Crippen molar-refractivity contribution < 1.29 is 22.3 Å². The predicted octanol–water partition coefficient (Wildman–Crippen LogP) is 2.72. The smallest absolute Gasteiger partial charge is 0.223 e. The van der Waals surface area contributed by atoms with Crippen LogP contribution in [0, 0.1) is 0 Å². The standard InChI is InChI=1S/C13H12NO.C6H6O3S/c1-2-8-14-9-4-7-11-5-3-6-12(10-15)13(11)14;7-10(8,9)6-4-2-1-3-5-6/h2-7,9-10H,1,8H2;1-5H,(H,7,8,9)/q+1;/p-1. The molecule has 2 aromatic carbocycles. The van der Waals surface area contributed by atoms with Gasteiger partial charge in [0.15, 0.2) is 19.0 Å². The van der Waals surface area contributed by atoms with Crippen molar-refractivity contribution in [3.63, 3.8) is 0 Å². The number of hydrogen-bond acceptors (Lipinski definition) is 4. The summed E-state index contributed by atoms with van der Waals surface area (Å²) in [4.78, 5) is 10.8. The minimum Gasteiger partial charge on any atom is -0.744 e. The molecule has 0 bridgehead atoms. The number of nitrogens with zero attached hydrogens (tertiary/aromatic N) is 1. The molecule has 0 aliphatic carbocycles. The molecule has 0 saturated carbocycles. The molecule has 1 heterocycles. The zero-order valence-electron chi connectivity index (χ0n) is 13.4. The molecule has 0 aliphatic heterocycles. The Balaban J connectivity index is 0.000000196. The Morgan fingerprint density at radius 3 is 2.24 bits per heavy atom. The SMILES string of the molecule is C=CC[n+]1cccc2cccc(C=O)c21.O=S(=O)([O-])c1ccccc1. The number of aromatic nitrogens is 1. The van der Waals surface area contributed by atoms with Crippen molar-refractivity contribution in [3.8, 4) is 0 Å². The van der Waals surface area contributed by atoms with Crippen LogP contribution in [-0.4, -0.2) is 19.3 Å². The number of rotatable bonds is 4. The third-order valence-electron chi connectivity index (χ3n) is 3.41. The van der Waals surface area contributed by atoms with Gasteiger partial charge in [0, 0.05) is 11.5 Å². The molecule has 25 heavy (non-hydrogen) atoms. The highest BCUT2D eigenvalue weighted by atomic mass is 32.2. The molecule has 0 saturated heterocycles. The second-order valence-corrected chi connectivity index (χ2v) is 6.50. The van der Waals surface area contributed by atoms with Gasteiger partial charge in [0.25, 0.3) is 0 Å². The molecule has 0 amide bonds. The average molecular weight is 355 g/mol. The van der Waals surface area contributed by atoms with E-state index < -0.39 is 10.1 Å². The molecule has 0 fully saturated rings. The van der Waals surface area contributed by atoms with E-state index in [2.05, 4.69) is 6.58 Å². The highest BCUT2D eigenvalue weighted by molar-refractivity contribution is 7.85. The molecule has 6 heteroatoms. The fourth-order valence-electron chi connectivity index (χ4n) is 2.34. The van der Waals surface area contributed by atoms with Crippen LogP contribution in [0.5, 0.6) is 0 Å². The molecule has 0 spiro atoms.